The zero-order valence-electron chi connectivity index (χ0n) is 16.6. The number of benzene rings is 2. The van der Waals surface area contributed by atoms with Crippen LogP contribution in [0.2, 0.25) is 5.02 Å². The van der Waals surface area contributed by atoms with Crippen LogP contribution in [0.3, 0.4) is 0 Å². The fraction of sp³-hybridized carbons (Fsp3) is 0.273. The first kappa shape index (κ1) is 20.7. The van der Waals surface area contributed by atoms with E-state index in [9.17, 15) is 9.59 Å². The van der Waals surface area contributed by atoms with Crippen molar-refractivity contribution in [1.82, 2.24) is 10.2 Å². The number of halogens is 1. The minimum absolute atomic E-state index is 0.0146. The summed E-state index contributed by atoms with van der Waals surface area (Å²) < 4.78 is 11.1. The molecule has 1 atom stereocenters. The summed E-state index contributed by atoms with van der Waals surface area (Å²) in [7, 11) is 1.59. The minimum Gasteiger partial charge on any atom is -0.487 e. The predicted octanol–water partition coefficient (Wildman–Crippen LogP) is 4.24. The summed E-state index contributed by atoms with van der Waals surface area (Å²) in [5, 5.41) is 3.42. The molecule has 1 aliphatic heterocycles. The number of likely N-dealkylation sites (N-methyl/N-ethyl adjacent to an activating group) is 1. The highest BCUT2D eigenvalue weighted by Crippen LogP contribution is 2.32. The van der Waals surface area contributed by atoms with Gasteiger partial charge in [0.1, 0.15) is 12.4 Å². The van der Waals surface area contributed by atoms with Gasteiger partial charge in [-0.1, -0.05) is 47.5 Å². The molecule has 0 aromatic heterocycles. The molecule has 0 saturated heterocycles. The number of carbonyl (C=O) groups is 2. The first-order chi connectivity index (χ1) is 13.9. The molecule has 2 amide bonds. The molecule has 1 aliphatic rings. The SMILES string of the molecule is CCOC(=O)C1=C(COc2cccc(Cl)c2)N(C)C(=O)NC1c1cccc(C)c1. The van der Waals surface area contributed by atoms with Crippen LogP contribution >= 0.6 is 11.6 Å². The van der Waals surface area contributed by atoms with Crippen molar-refractivity contribution >= 4 is 23.6 Å². The highest BCUT2D eigenvalue weighted by atomic mass is 35.5. The molecule has 0 saturated carbocycles. The Balaban J connectivity index is 2.03. The van der Waals surface area contributed by atoms with Crippen LogP contribution in [0, 0.1) is 6.92 Å². The summed E-state index contributed by atoms with van der Waals surface area (Å²) in [5.41, 5.74) is 2.62. The van der Waals surface area contributed by atoms with Gasteiger partial charge in [-0.2, -0.15) is 0 Å². The van der Waals surface area contributed by atoms with Crippen LogP contribution in [0.15, 0.2) is 59.8 Å². The van der Waals surface area contributed by atoms with Crippen molar-refractivity contribution in [3.05, 3.63) is 76.0 Å². The third-order valence-electron chi connectivity index (χ3n) is 4.62. The third kappa shape index (κ3) is 4.71. The molecule has 1 unspecified atom stereocenters. The maximum Gasteiger partial charge on any atom is 0.338 e. The average molecular weight is 415 g/mol. The molecule has 6 nitrogen and oxygen atoms in total. The number of urea groups is 1. The highest BCUT2D eigenvalue weighted by Gasteiger charge is 2.37. The summed E-state index contributed by atoms with van der Waals surface area (Å²) in [6.07, 6.45) is 0. The van der Waals surface area contributed by atoms with E-state index in [2.05, 4.69) is 5.32 Å². The van der Waals surface area contributed by atoms with Crippen molar-refractivity contribution in [2.24, 2.45) is 0 Å². The van der Waals surface area contributed by atoms with Crippen molar-refractivity contribution in [3.63, 3.8) is 0 Å². The second kappa shape index (κ2) is 9.01. The van der Waals surface area contributed by atoms with Gasteiger partial charge in [0.25, 0.3) is 0 Å². The second-order valence-corrected chi connectivity index (χ2v) is 7.12. The van der Waals surface area contributed by atoms with Gasteiger partial charge in [-0.05, 0) is 37.6 Å². The Morgan fingerprint density at radius 1 is 1.21 bits per heavy atom. The van der Waals surface area contributed by atoms with Crippen molar-refractivity contribution in [2.45, 2.75) is 19.9 Å². The lowest BCUT2D eigenvalue weighted by Crippen LogP contribution is -2.48. The first-order valence-electron chi connectivity index (χ1n) is 9.30. The summed E-state index contributed by atoms with van der Waals surface area (Å²) in [6.45, 7) is 3.94. The Labute approximate surface area is 175 Å². The van der Waals surface area contributed by atoms with Gasteiger partial charge in [0.15, 0.2) is 0 Å². The lowest BCUT2D eigenvalue weighted by molar-refractivity contribution is -0.139. The standard InChI is InChI=1S/C22H23ClN2O4/c1-4-28-21(26)19-18(13-29-17-10-6-9-16(23)12-17)25(3)22(27)24-20(19)15-8-5-7-14(2)11-15/h5-12,20H,4,13H2,1-3H3,(H,24,27). The fourth-order valence-corrected chi connectivity index (χ4v) is 3.37. The smallest absolute Gasteiger partial charge is 0.338 e. The lowest BCUT2D eigenvalue weighted by atomic mass is 9.94. The Kier molecular flexibility index (Phi) is 6.44. The molecule has 2 aromatic carbocycles. The summed E-state index contributed by atoms with van der Waals surface area (Å²) >= 11 is 6.02. The molecular formula is C22H23ClN2O4. The summed E-state index contributed by atoms with van der Waals surface area (Å²) in [6, 6.07) is 13.6. The molecule has 29 heavy (non-hydrogen) atoms. The van der Waals surface area contributed by atoms with E-state index in [0.717, 1.165) is 11.1 Å². The Morgan fingerprint density at radius 2 is 1.97 bits per heavy atom. The van der Waals surface area contributed by atoms with Gasteiger partial charge in [-0.25, -0.2) is 9.59 Å². The van der Waals surface area contributed by atoms with Gasteiger partial charge < -0.3 is 14.8 Å². The van der Waals surface area contributed by atoms with E-state index in [1.165, 1.54) is 4.90 Å². The number of rotatable bonds is 6. The number of aryl methyl sites for hydroxylation is 1. The normalized spacial score (nSPS) is 16.5. The highest BCUT2D eigenvalue weighted by molar-refractivity contribution is 6.30. The zero-order chi connectivity index (χ0) is 21.0. The fourth-order valence-electron chi connectivity index (χ4n) is 3.19. The topological polar surface area (TPSA) is 67.9 Å². The Hall–Kier alpha value is -2.99. The Morgan fingerprint density at radius 3 is 2.66 bits per heavy atom. The van der Waals surface area contributed by atoms with Crippen LogP contribution in [0.5, 0.6) is 5.75 Å². The van der Waals surface area contributed by atoms with Crippen LogP contribution in [0.4, 0.5) is 4.79 Å². The minimum atomic E-state index is -0.629. The maximum absolute atomic E-state index is 12.9. The zero-order valence-corrected chi connectivity index (χ0v) is 17.3. The molecule has 2 aromatic rings. The van der Waals surface area contributed by atoms with Gasteiger partial charge in [0.2, 0.25) is 0 Å². The van der Waals surface area contributed by atoms with Gasteiger partial charge in [-0.3, -0.25) is 4.90 Å². The van der Waals surface area contributed by atoms with Gasteiger partial charge in [0.05, 0.1) is 23.9 Å². The molecule has 152 valence electrons. The van der Waals surface area contributed by atoms with Gasteiger partial charge >= 0.3 is 12.0 Å². The quantitative estimate of drug-likeness (QED) is 0.718. The number of carbonyl (C=O) groups excluding carboxylic acids is 2. The van der Waals surface area contributed by atoms with Gasteiger partial charge in [0, 0.05) is 12.1 Å². The molecule has 3 rings (SSSR count). The van der Waals surface area contributed by atoms with E-state index in [1.54, 1.807) is 38.2 Å². The van der Waals surface area contributed by atoms with Crippen molar-refractivity contribution in [3.8, 4) is 5.75 Å². The number of nitrogens with zero attached hydrogens (tertiary/aromatic N) is 1. The lowest BCUT2D eigenvalue weighted by Gasteiger charge is -2.34. The number of esters is 1. The van der Waals surface area contributed by atoms with E-state index < -0.39 is 12.0 Å². The average Bonchev–Trinajstić information content (AvgIpc) is 2.69. The predicted molar refractivity (Wildman–Crippen MR) is 111 cm³/mol. The number of nitrogens with one attached hydrogen (secondary N) is 1. The molecular weight excluding hydrogens is 392 g/mol. The molecule has 1 heterocycles. The van der Waals surface area contributed by atoms with E-state index in [4.69, 9.17) is 21.1 Å². The van der Waals surface area contributed by atoms with E-state index in [1.807, 2.05) is 31.2 Å². The molecule has 0 fully saturated rings. The molecule has 0 radical (unpaired) electrons. The second-order valence-electron chi connectivity index (χ2n) is 6.68. The number of hydrogen-bond donors (Lipinski definition) is 1. The molecule has 0 spiro atoms. The summed E-state index contributed by atoms with van der Waals surface area (Å²) in [5.74, 6) is 0.0512. The van der Waals surface area contributed by atoms with Crippen LogP contribution in [0.1, 0.15) is 24.1 Å². The first-order valence-corrected chi connectivity index (χ1v) is 9.67. The van der Waals surface area contributed by atoms with E-state index in [0.29, 0.717) is 22.0 Å². The van der Waals surface area contributed by atoms with Crippen LogP contribution in [-0.2, 0) is 9.53 Å². The van der Waals surface area contributed by atoms with Crippen molar-refractivity contribution < 1.29 is 19.1 Å². The van der Waals surface area contributed by atoms with Crippen molar-refractivity contribution in [1.29, 1.82) is 0 Å². The van der Waals surface area contributed by atoms with Crippen molar-refractivity contribution in [2.75, 3.05) is 20.3 Å². The Bertz CT molecular complexity index is 957. The maximum atomic E-state index is 12.9. The van der Waals surface area contributed by atoms with E-state index >= 15 is 0 Å². The van der Waals surface area contributed by atoms with Gasteiger partial charge in [-0.15, -0.1) is 0 Å². The molecule has 1 N–H and O–H groups in total. The largest absolute Gasteiger partial charge is 0.487 e. The third-order valence-corrected chi connectivity index (χ3v) is 4.85. The van der Waals surface area contributed by atoms with Crippen LogP contribution in [0.25, 0.3) is 0 Å². The number of amides is 2. The van der Waals surface area contributed by atoms with E-state index in [-0.39, 0.29) is 19.2 Å². The van der Waals surface area contributed by atoms with Crippen LogP contribution in [-0.4, -0.2) is 37.2 Å². The monoisotopic (exact) mass is 414 g/mol. The number of hydrogen-bond acceptors (Lipinski definition) is 4. The molecule has 0 bridgehead atoms. The molecule has 7 heteroatoms. The molecule has 0 aliphatic carbocycles. The summed E-state index contributed by atoms with van der Waals surface area (Å²) in [4.78, 5) is 26.9. The van der Waals surface area contributed by atoms with Crippen LogP contribution < -0.4 is 10.1 Å². The number of ether oxygens (including phenoxy) is 2.